The molecule has 0 atom stereocenters. The van der Waals surface area contributed by atoms with Crippen LogP contribution in [-0.4, -0.2) is 25.0 Å². The third-order valence-electron chi connectivity index (χ3n) is 3.45. The molecule has 0 unspecified atom stereocenters. The average Bonchev–Trinajstić information content (AvgIpc) is 2.57. The number of piperidine rings is 1. The van der Waals surface area contributed by atoms with Crippen molar-refractivity contribution in [3.8, 4) is 0 Å². The van der Waals surface area contributed by atoms with E-state index in [1.165, 1.54) is 44.3 Å². The van der Waals surface area contributed by atoms with Gasteiger partial charge in [-0.3, -0.25) is 5.57 Å². The van der Waals surface area contributed by atoms with Gasteiger partial charge in [0.1, 0.15) is 0 Å². The summed E-state index contributed by atoms with van der Waals surface area (Å²) in [6, 6.07) is 0. The van der Waals surface area contributed by atoms with E-state index >= 15 is 0 Å². The molecule has 0 saturated carbocycles. The summed E-state index contributed by atoms with van der Waals surface area (Å²) in [6.45, 7) is 8.80. The molecule has 0 aromatic heterocycles. The predicted octanol–water partition coefficient (Wildman–Crippen LogP) is 0.272. The Labute approximate surface area is 138 Å². The Kier molecular flexibility index (Phi) is 8.30. The summed E-state index contributed by atoms with van der Waals surface area (Å²) in [5, 5.41) is 0. The first-order valence-corrected chi connectivity index (χ1v) is 5.95. The van der Waals surface area contributed by atoms with Gasteiger partial charge in [0.15, 0.2) is 0 Å². The van der Waals surface area contributed by atoms with Gasteiger partial charge in [-0.1, -0.05) is 32.6 Å². The van der Waals surface area contributed by atoms with Crippen LogP contribution in [0.3, 0.4) is 0 Å². The minimum Gasteiger partial charge on any atom is -0.497 e. The average molecular weight is 233 g/mol. The van der Waals surface area contributed by atoms with Crippen LogP contribution < -0.4 is 51.4 Å². The van der Waals surface area contributed by atoms with Gasteiger partial charge in [-0.15, -0.1) is 0 Å². The molecule has 82 valence electrons. The molecule has 1 aliphatic carbocycles. The fourth-order valence-electron chi connectivity index (χ4n) is 2.47. The van der Waals surface area contributed by atoms with E-state index in [1.54, 1.807) is 0 Å². The van der Waals surface area contributed by atoms with Crippen molar-refractivity contribution in [1.82, 2.24) is 4.90 Å². The zero-order chi connectivity index (χ0) is 10.6. The van der Waals surface area contributed by atoms with Crippen molar-refractivity contribution in [2.45, 2.75) is 46.5 Å². The Morgan fingerprint density at radius 1 is 1.20 bits per heavy atom. The van der Waals surface area contributed by atoms with Crippen molar-refractivity contribution in [2.75, 3.05) is 20.1 Å². The molecule has 0 N–H and O–H groups in total. The maximum Gasteiger partial charge on any atom is 1.00 e. The van der Waals surface area contributed by atoms with Gasteiger partial charge in [0.05, 0.1) is 0 Å². The summed E-state index contributed by atoms with van der Waals surface area (Å²) in [4.78, 5) is 2.44. The first-order chi connectivity index (χ1) is 6.70. The summed E-state index contributed by atoms with van der Waals surface area (Å²) in [5.74, 6) is 0. The molecule has 1 fully saturated rings. The van der Waals surface area contributed by atoms with Gasteiger partial charge in [-0.25, -0.2) is 0 Å². The third kappa shape index (κ3) is 4.61. The standard InChI is InChI=1S/C11H18N.C2H6.K/c1-10-3-4-11(9-10)5-7-12(2)8-6-11;1-2;/h4-9H2,1-2H3;1-2H3;/q-1;;+1. The summed E-state index contributed by atoms with van der Waals surface area (Å²) in [7, 11) is 2.23. The van der Waals surface area contributed by atoms with Crippen molar-refractivity contribution in [1.29, 1.82) is 0 Å². The fourth-order valence-corrected chi connectivity index (χ4v) is 2.47. The quantitative estimate of drug-likeness (QED) is 0.429. The molecule has 15 heavy (non-hydrogen) atoms. The molecular formula is C13H24KN. The van der Waals surface area contributed by atoms with E-state index in [9.17, 15) is 0 Å². The monoisotopic (exact) mass is 233 g/mol. The number of hydrogen-bond donors (Lipinski definition) is 0. The van der Waals surface area contributed by atoms with Gasteiger partial charge in [0.25, 0.3) is 0 Å². The number of rotatable bonds is 0. The first-order valence-electron chi connectivity index (χ1n) is 5.95. The molecule has 0 bridgehead atoms. The molecule has 2 heteroatoms. The molecule has 1 aliphatic heterocycles. The number of nitrogens with zero attached hydrogens (tertiary/aromatic N) is 1. The van der Waals surface area contributed by atoms with Crippen LogP contribution in [0.2, 0.25) is 0 Å². The van der Waals surface area contributed by atoms with Crippen LogP contribution in [0, 0.1) is 11.5 Å². The second-order valence-electron chi connectivity index (χ2n) is 4.61. The van der Waals surface area contributed by atoms with Crippen LogP contribution in [0.1, 0.15) is 46.5 Å². The van der Waals surface area contributed by atoms with Gasteiger partial charge >= 0.3 is 51.4 Å². The summed E-state index contributed by atoms with van der Waals surface area (Å²) in [5.41, 5.74) is 2.14. The van der Waals surface area contributed by atoms with Gasteiger partial charge in [-0.05, 0) is 33.0 Å². The van der Waals surface area contributed by atoms with Crippen molar-refractivity contribution in [2.24, 2.45) is 5.41 Å². The molecule has 0 aromatic rings. The summed E-state index contributed by atoms with van der Waals surface area (Å²) >= 11 is 0. The van der Waals surface area contributed by atoms with Gasteiger partial charge in [-0.2, -0.15) is 6.42 Å². The second-order valence-corrected chi connectivity index (χ2v) is 4.61. The molecule has 1 saturated heterocycles. The third-order valence-corrected chi connectivity index (χ3v) is 3.45. The van der Waals surface area contributed by atoms with E-state index in [4.69, 9.17) is 0 Å². The Hall–Kier alpha value is 1.34. The van der Waals surface area contributed by atoms with Crippen LogP contribution in [-0.2, 0) is 0 Å². The minimum absolute atomic E-state index is 0. The van der Waals surface area contributed by atoms with Crippen LogP contribution in [0.4, 0.5) is 0 Å². The van der Waals surface area contributed by atoms with E-state index in [0.717, 1.165) is 0 Å². The Morgan fingerprint density at radius 3 is 2.13 bits per heavy atom. The number of likely N-dealkylation sites (tertiary alicyclic amines) is 1. The van der Waals surface area contributed by atoms with Crippen molar-refractivity contribution < 1.29 is 51.4 Å². The first kappa shape index (κ1) is 16.3. The maximum absolute atomic E-state index is 3.49. The van der Waals surface area contributed by atoms with E-state index < -0.39 is 0 Å². The second kappa shape index (κ2) is 7.62. The SMILES string of the molecule is CC.CC1=[C-]CC2(CCN(C)CC2)C1.[K+]. The van der Waals surface area contributed by atoms with E-state index in [-0.39, 0.29) is 51.4 Å². The molecular weight excluding hydrogens is 209 g/mol. The van der Waals surface area contributed by atoms with Crippen molar-refractivity contribution in [3.63, 3.8) is 0 Å². The Morgan fingerprint density at radius 2 is 1.73 bits per heavy atom. The van der Waals surface area contributed by atoms with E-state index in [0.29, 0.717) is 5.41 Å². The molecule has 1 spiro atoms. The van der Waals surface area contributed by atoms with E-state index in [1.807, 2.05) is 13.8 Å². The van der Waals surface area contributed by atoms with Crippen LogP contribution in [0.5, 0.6) is 0 Å². The molecule has 0 radical (unpaired) electrons. The van der Waals surface area contributed by atoms with Gasteiger partial charge < -0.3 is 11.0 Å². The fraction of sp³-hybridized carbons (Fsp3) is 0.846. The molecule has 1 nitrogen and oxygen atoms in total. The zero-order valence-corrected chi connectivity index (χ0v) is 14.3. The molecule has 0 amide bonds. The van der Waals surface area contributed by atoms with Gasteiger partial charge in [0.2, 0.25) is 0 Å². The van der Waals surface area contributed by atoms with Gasteiger partial charge in [0, 0.05) is 0 Å². The van der Waals surface area contributed by atoms with Crippen molar-refractivity contribution in [3.05, 3.63) is 11.6 Å². The topological polar surface area (TPSA) is 3.24 Å². The Bertz CT molecular complexity index is 203. The summed E-state index contributed by atoms with van der Waals surface area (Å²) in [6.07, 6.45) is 8.81. The molecule has 2 aliphatic rings. The largest absolute Gasteiger partial charge is 1.00 e. The summed E-state index contributed by atoms with van der Waals surface area (Å²) < 4.78 is 0. The molecule has 2 rings (SSSR count). The predicted molar refractivity (Wildman–Crippen MR) is 62.2 cm³/mol. The number of hydrogen-bond acceptors (Lipinski definition) is 1. The molecule has 1 heterocycles. The van der Waals surface area contributed by atoms with E-state index in [2.05, 4.69) is 24.9 Å². The maximum atomic E-state index is 3.49. The zero-order valence-electron chi connectivity index (χ0n) is 11.2. The van der Waals surface area contributed by atoms with Crippen molar-refractivity contribution >= 4 is 0 Å². The van der Waals surface area contributed by atoms with Crippen LogP contribution in [0.15, 0.2) is 5.57 Å². The smallest absolute Gasteiger partial charge is 0.497 e. The Balaban J connectivity index is 0.000000617. The number of allylic oxidation sites excluding steroid dienone is 2. The van der Waals surface area contributed by atoms with Crippen LogP contribution >= 0.6 is 0 Å². The minimum atomic E-state index is 0. The molecule has 0 aromatic carbocycles. The normalized spacial score (nSPS) is 23.9. The van der Waals surface area contributed by atoms with Crippen LogP contribution in [0.25, 0.3) is 0 Å².